The van der Waals surface area contributed by atoms with E-state index in [1.165, 1.54) is 6.08 Å². The van der Waals surface area contributed by atoms with Crippen molar-refractivity contribution >= 4 is 17.2 Å². The highest BCUT2D eigenvalue weighted by atomic mass is 16.4. The lowest BCUT2D eigenvalue weighted by Gasteiger charge is -2.12. The predicted octanol–water partition coefficient (Wildman–Crippen LogP) is 3.81. The van der Waals surface area contributed by atoms with E-state index >= 15 is 0 Å². The van der Waals surface area contributed by atoms with Crippen molar-refractivity contribution in [2.75, 3.05) is 19.0 Å². The average molecular weight is 335 g/mol. The number of carboxylic acid groups (broad SMARTS) is 1. The van der Waals surface area contributed by atoms with E-state index in [0.717, 1.165) is 22.5 Å². The molecule has 0 fully saturated rings. The fraction of sp³-hybridized carbons (Fsp3) is 0.150. The van der Waals surface area contributed by atoms with Gasteiger partial charge in [0.25, 0.3) is 0 Å². The van der Waals surface area contributed by atoms with Crippen molar-refractivity contribution < 1.29 is 9.90 Å². The van der Waals surface area contributed by atoms with E-state index in [0.29, 0.717) is 5.82 Å². The number of anilines is 1. The second kappa shape index (κ2) is 8.06. The van der Waals surface area contributed by atoms with E-state index in [2.05, 4.69) is 16.5 Å². The van der Waals surface area contributed by atoms with Crippen LogP contribution in [0.5, 0.6) is 0 Å². The summed E-state index contributed by atoms with van der Waals surface area (Å²) in [7, 11) is 3.99. The highest BCUT2D eigenvalue weighted by Gasteiger charge is 2.06. The molecule has 0 spiro atoms. The van der Waals surface area contributed by atoms with Gasteiger partial charge in [0.2, 0.25) is 0 Å². The highest BCUT2D eigenvalue weighted by molar-refractivity contribution is 5.90. The minimum absolute atomic E-state index is 0.00905. The molecule has 128 valence electrons. The van der Waals surface area contributed by atoms with Crippen molar-refractivity contribution in [3.63, 3.8) is 0 Å². The summed E-state index contributed by atoms with van der Waals surface area (Å²) in [6.07, 6.45) is 6.63. The normalized spacial score (nSPS) is 11.6. The molecule has 0 aliphatic rings. The monoisotopic (exact) mass is 335 g/mol. The topological polar surface area (TPSA) is 66.3 Å². The van der Waals surface area contributed by atoms with Crippen LogP contribution in [0.1, 0.15) is 12.7 Å². The zero-order chi connectivity index (χ0) is 18.4. The van der Waals surface area contributed by atoms with E-state index in [4.69, 9.17) is 5.11 Å². The number of nitrogens with zero attached hydrogens (tertiary/aromatic N) is 3. The summed E-state index contributed by atoms with van der Waals surface area (Å²) in [5.74, 6) is -0.520. The Kier molecular flexibility index (Phi) is 5.84. The number of benzene rings is 1. The Balaban J connectivity index is 2.31. The van der Waals surface area contributed by atoms with Gasteiger partial charge < -0.3 is 10.0 Å². The summed E-state index contributed by atoms with van der Waals surface area (Å²) in [6, 6.07) is 9.94. The first-order valence-electron chi connectivity index (χ1n) is 7.80. The maximum absolute atomic E-state index is 10.8. The quantitative estimate of drug-likeness (QED) is 0.642. The molecule has 0 saturated carbocycles. The van der Waals surface area contributed by atoms with Gasteiger partial charge in [-0.1, -0.05) is 30.9 Å². The Labute approximate surface area is 147 Å². The van der Waals surface area contributed by atoms with Gasteiger partial charge in [-0.05, 0) is 31.2 Å². The van der Waals surface area contributed by atoms with Crippen molar-refractivity contribution in [2.24, 2.45) is 0 Å². The molecule has 0 aliphatic carbocycles. The molecule has 2 rings (SSSR count). The maximum atomic E-state index is 10.8. The van der Waals surface area contributed by atoms with Gasteiger partial charge in [0, 0.05) is 37.1 Å². The molecule has 0 atom stereocenters. The molecule has 5 nitrogen and oxygen atoms in total. The largest absolute Gasteiger partial charge is 0.478 e. The first kappa shape index (κ1) is 18.1. The number of allylic oxidation sites excluding steroid dienone is 3. The summed E-state index contributed by atoms with van der Waals surface area (Å²) in [4.78, 5) is 21.8. The third kappa shape index (κ3) is 4.64. The van der Waals surface area contributed by atoms with Crippen LogP contribution < -0.4 is 4.90 Å². The molecule has 1 aromatic carbocycles. The Morgan fingerprint density at radius 3 is 2.40 bits per heavy atom. The number of rotatable bonds is 6. The van der Waals surface area contributed by atoms with Gasteiger partial charge in [-0.25, -0.2) is 14.8 Å². The molecule has 1 N–H and O–H groups in total. The summed E-state index contributed by atoms with van der Waals surface area (Å²) >= 11 is 0. The van der Waals surface area contributed by atoms with Crippen molar-refractivity contribution in [2.45, 2.75) is 6.92 Å². The summed E-state index contributed by atoms with van der Waals surface area (Å²) < 4.78 is 0. The number of hydrogen-bond donors (Lipinski definition) is 1. The van der Waals surface area contributed by atoms with E-state index in [1.807, 2.05) is 62.3 Å². The Bertz CT molecular complexity index is 834. The van der Waals surface area contributed by atoms with Crippen LogP contribution in [0, 0.1) is 0 Å². The van der Waals surface area contributed by atoms with E-state index in [9.17, 15) is 4.79 Å². The average Bonchev–Trinajstić information content (AvgIpc) is 2.62. The standard InChI is InChI=1S/C20H21N3O2/c1-5-15(7-6-14(2)20(24)25)19-21-13-12-18(22-19)16-8-10-17(11-9-16)23(3)4/h5-13H,2H2,1,3-4H3,(H,24,25)/b7-6-,15-5+. The first-order chi connectivity index (χ1) is 11.9. The van der Waals surface area contributed by atoms with Gasteiger partial charge in [-0.15, -0.1) is 0 Å². The predicted molar refractivity (Wildman–Crippen MR) is 101 cm³/mol. The zero-order valence-electron chi connectivity index (χ0n) is 14.6. The number of aliphatic carboxylic acids is 1. The van der Waals surface area contributed by atoms with Crippen LogP contribution in [0.25, 0.3) is 16.8 Å². The van der Waals surface area contributed by atoms with Crippen molar-refractivity contribution in [3.05, 3.63) is 72.7 Å². The SMILES string of the molecule is C=C(/C=C\C(=C/C)c1nccc(-c2ccc(N(C)C)cc2)n1)C(=O)O. The lowest BCUT2D eigenvalue weighted by Crippen LogP contribution is -2.08. The third-order valence-corrected chi connectivity index (χ3v) is 3.64. The van der Waals surface area contributed by atoms with Gasteiger partial charge in [0.15, 0.2) is 5.82 Å². The first-order valence-corrected chi connectivity index (χ1v) is 7.80. The summed E-state index contributed by atoms with van der Waals surface area (Å²) in [5.41, 5.74) is 3.65. The molecule has 5 heteroatoms. The van der Waals surface area contributed by atoms with Crippen LogP contribution in [0.3, 0.4) is 0 Å². The molecule has 1 aromatic heterocycles. The fourth-order valence-corrected chi connectivity index (χ4v) is 2.15. The van der Waals surface area contributed by atoms with E-state index < -0.39 is 5.97 Å². The van der Waals surface area contributed by atoms with Gasteiger partial charge in [-0.3, -0.25) is 0 Å². The smallest absolute Gasteiger partial charge is 0.335 e. The lowest BCUT2D eigenvalue weighted by atomic mass is 10.1. The molecule has 0 amide bonds. The van der Waals surface area contributed by atoms with Crippen LogP contribution in [0.4, 0.5) is 5.69 Å². The van der Waals surface area contributed by atoms with Gasteiger partial charge >= 0.3 is 5.97 Å². The van der Waals surface area contributed by atoms with Crippen LogP contribution in [0.2, 0.25) is 0 Å². The Morgan fingerprint density at radius 2 is 1.84 bits per heavy atom. The van der Waals surface area contributed by atoms with Crippen molar-refractivity contribution in [3.8, 4) is 11.3 Å². The third-order valence-electron chi connectivity index (χ3n) is 3.64. The number of carboxylic acids is 1. The van der Waals surface area contributed by atoms with E-state index in [1.54, 1.807) is 12.3 Å². The van der Waals surface area contributed by atoms with Crippen molar-refractivity contribution in [1.82, 2.24) is 9.97 Å². The Hall–Kier alpha value is -3.21. The molecule has 0 radical (unpaired) electrons. The lowest BCUT2D eigenvalue weighted by molar-refractivity contribution is -0.132. The molecule has 0 aliphatic heterocycles. The number of carbonyl (C=O) groups is 1. The minimum atomic E-state index is -1.05. The van der Waals surface area contributed by atoms with Crippen LogP contribution >= 0.6 is 0 Å². The molecule has 0 saturated heterocycles. The van der Waals surface area contributed by atoms with Crippen molar-refractivity contribution in [1.29, 1.82) is 0 Å². The molecule has 0 unspecified atom stereocenters. The fourth-order valence-electron chi connectivity index (χ4n) is 2.15. The molecule has 1 heterocycles. The van der Waals surface area contributed by atoms with Crippen LogP contribution in [-0.4, -0.2) is 35.1 Å². The second-order valence-electron chi connectivity index (χ2n) is 5.61. The second-order valence-corrected chi connectivity index (χ2v) is 5.61. The molecule has 0 bridgehead atoms. The van der Waals surface area contributed by atoms with Gasteiger partial charge in [-0.2, -0.15) is 0 Å². The molecular weight excluding hydrogens is 314 g/mol. The number of hydrogen-bond acceptors (Lipinski definition) is 4. The van der Waals surface area contributed by atoms with E-state index in [-0.39, 0.29) is 5.57 Å². The molecular formula is C20H21N3O2. The van der Waals surface area contributed by atoms with Crippen LogP contribution in [-0.2, 0) is 4.79 Å². The van der Waals surface area contributed by atoms with Gasteiger partial charge in [0.1, 0.15) is 0 Å². The Morgan fingerprint density at radius 1 is 1.16 bits per heavy atom. The molecule has 25 heavy (non-hydrogen) atoms. The van der Waals surface area contributed by atoms with Crippen LogP contribution in [0.15, 0.2) is 66.9 Å². The summed E-state index contributed by atoms with van der Waals surface area (Å²) in [5, 5.41) is 8.89. The van der Waals surface area contributed by atoms with Gasteiger partial charge in [0.05, 0.1) is 11.3 Å². The zero-order valence-corrected chi connectivity index (χ0v) is 14.6. The number of aromatic nitrogens is 2. The molecule has 2 aromatic rings. The maximum Gasteiger partial charge on any atom is 0.335 e. The summed E-state index contributed by atoms with van der Waals surface area (Å²) in [6.45, 7) is 5.34. The minimum Gasteiger partial charge on any atom is -0.478 e. The highest BCUT2D eigenvalue weighted by Crippen LogP contribution is 2.22.